The number of nitrogens with two attached hydrogens (primary N) is 1. The molecule has 2 fully saturated rings. The van der Waals surface area contributed by atoms with Gasteiger partial charge in [0.25, 0.3) is 0 Å². The van der Waals surface area contributed by atoms with E-state index in [1.54, 1.807) is 0 Å². The molecule has 3 heteroatoms. The summed E-state index contributed by atoms with van der Waals surface area (Å²) in [5, 5.41) is 0. The lowest BCUT2D eigenvalue weighted by Gasteiger charge is -2.48. The summed E-state index contributed by atoms with van der Waals surface area (Å²) in [6, 6.07) is 1.78. The highest BCUT2D eigenvalue weighted by molar-refractivity contribution is 4.95. The van der Waals surface area contributed by atoms with Crippen molar-refractivity contribution in [3.05, 3.63) is 0 Å². The van der Waals surface area contributed by atoms with Crippen molar-refractivity contribution in [3.8, 4) is 0 Å². The van der Waals surface area contributed by atoms with Crippen LogP contribution in [0.5, 0.6) is 0 Å². The normalized spacial score (nSPS) is 33.6. The van der Waals surface area contributed by atoms with Crippen LogP contribution in [0.2, 0.25) is 0 Å². The molecule has 3 unspecified atom stereocenters. The number of piperidine rings is 1. The number of hydrogen-bond acceptors (Lipinski definition) is 3. The number of hydrogen-bond donors (Lipinski definition) is 1. The summed E-state index contributed by atoms with van der Waals surface area (Å²) in [5.41, 5.74) is 6.97. The maximum atomic E-state index is 6.50. The Hall–Kier alpha value is -0.120. The van der Waals surface area contributed by atoms with Gasteiger partial charge in [-0.1, -0.05) is 27.2 Å². The number of rotatable bonds is 4. The molecule has 2 aliphatic rings. The Kier molecular flexibility index (Phi) is 5.72. The van der Waals surface area contributed by atoms with E-state index in [1.165, 1.54) is 51.6 Å². The highest BCUT2D eigenvalue weighted by Gasteiger charge is 2.39. The van der Waals surface area contributed by atoms with Crippen LogP contribution in [0.25, 0.3) is 0 Å². The van der Waals surface area contributed by atoms with Crippen LogP contribution >= 0.6 is 0 Å². The molecule has 21 heavy (non-hydrogen) atoms. The molecular weight excluding hydrogens is 258 g/mol. The molecule has 1 heterocycles. The summed E-state index contributed by atoms with van der Waals surface area (Å²) in [6.07, 6.45) is 7.74. The van der Waals surface area contributed by atoms with Crippen LogP contribution in [0.1, 0.15) is 59.3 Å². The van der Waals surface area contributed by atoms with Crippen molar-refractivity contribution >= 4 is 0 Å². The first kappa shape index (κ1) is 17.2. The predicted octanol–water partition coefficient (Wildman–Crippen LogP) is 2.94. The summed E-state index contributed by atoms with van der Waals surface area (Å²) >= 11 is 0. The summed E-state index contributed by atoms with van der Waals surface area (Å²) in [6.45, 7) is 9.71. The number of likely N-dealkylation sites (tertiary alicyclic amines) is 1. The molecule has 1 saturated carbocycles. The molecule has 0 radical (unpaired) electrons. The van der Waals surface area contributed by atoms with E-state index in [0.717, 1.165) is 12.0 Å². The zero-order valence-electron chi connectivity index (χ0n) is 14.9. The molecule has 1 saturated heterocycles. The summed E-state index contributed by atoms with van der Waals surface area (Å²) in [4.78, 5) is 5.10. The van der Waals surface area contributed by atoms with Crippen LogP contribution in [-0.2, 0) is 0 Å². The highest BCUT2D eigenvalue weighted by atomic mass is 15.2. The van der Waals surface area contributed by atoms with Crippen molar-refractivity contribution in [2.45, 2.75) is 77.4 Å². The van der Waals surface area contributed by atoms with Crippen LogP contribution in [0.15, 0.2) is 0 Å². The van der Waals surface area contributed by atoms with E-state index in [4.69, 9.17) is 5.73 Å². The second kappa shape index (κ2) is 6.97. The van der Waals surface area contributed by atoms with Crippen molar-refractivity contribution in [1.29, 1.82) is 0 Å². The topological polar surface area (TPSA) is 32.5 Å². The lowest BCUT2D eigenvalue weighted by atomic mass is 9.67. The molecule has 2 rings (SSSR count). The van der Waals surface area contributed by atoms with Crippen LogP contribution in [0, 0.1) is 11.3 Å². The minimum Gasteiger partial charge on any atom is -0.326 e. The lowest BCUT2D eigenvalue weighted by Crippen LogP contribution is -2.56. The minimum absolute atomic E-state index is 0.393. The largest absolute Gasteiger partial charge is 0.326 e. The van der Waals surface area contributed by atoms with E-state index in [1.807, 2.05) is 0 Å². The van der Waals surface area contributed by atoms with E-state index in [9.17, 15) is 0 Å². The molecule has 1 aliphatic carbocycles. The molecule has 0 aromatic carbocycles. The molecule has 2 N–H and O–H groups in total. The van der Waals surface area contributed by atoms with Crippen molar-refractivity contribution in [3.63, 3.8) is 0 Å². The zero-order valence-corrected chi connectivity index (χ0v) is 14.9. The van der Waals surface area contributed by atoms with Gasteiger partial charge in [-0.2, -0.15) is 0 Å². The summed E-state index contributed by atoms with van der Waals surface area (Å²) in [5.74, 6) is 0.846. The van der Waals surface area contributed by atoms with E-state index in [0.29, 0.717) is 17.5 Å². The van der Waals surface area contributed by atoms with Gasteiger partial charge < -0.3 is 10.6 Å². The van der Waals surface area contributed by atoms with Crippen molar-refractivity contribution in [1.82, 2.24) is 9.80 Å². The summed E-state index contributed by atoms with van der Waals surface area (Å²) < 4.78 is 0. The monoisotopic (exact) mass is 295 g/mol. The molecule has 0 bridgehead atoms. The predicted molar refractivity (Wildman–Crippen MR) is 91.5 cm³/mol. The van der Waals surface area contributed by atoms with E-state index in [-0.39, 0.29) is 0 Å². The Labute approximate surface area is 132 Å². The van der Waals surface area contributed by atoms with E-state index >= 15 is 0 Å². The quantitative estimate of drug-likeness (QED) is 0.865. The fourth-order valence-electron chi connectivity index (χ4n) is 4.32. The molecule has 3 atom stereocenters. The van der Waals surface area contributed by atoms with Crippen LogP contribution in [0.3, 0.4) is 0 Å². The zero-order chi connectivity index (χ0) is 15.6. The van der Waals surface area contributed by atoms with Gasteiger partial charge in [-0.25, -0.2) is 0 Å². The molecular formula is C18H37N3. The standard InChI is InChI=1S/C18H37N3/c1-6-18(2,3)14-7-8-16(19)17(13-14)21-11-9-15(10-12-21)20(4)5/h14-17H,6-13,19H2,1-5H3. The van der Waals surface area contributed by atoms with Crippen LogP contribution in [0.4, 0.5) is 0 Å². The second-order valence-corrected chi connectivity index (χ2v) is 8.31. The average molecular weight is 296 g/mol. The van der Waals surface area contributed by atoms with Crippen molar-refractivity contribution in [2.75, 3.05) is 27.2 Å². The Bertz CT molecular complexity index is 318. The fourth-order valence-corrected chi connectivity index (χ4v) is 4.32. The fraction of sp³-hybridized carbons (Fsp3) is 1.00. The van der Waals surface area contributed by atoms with Gasteiger partial charge in [0.1, 0.15) is 0 Å². The van der Waals surface area contributed by atoms with Crippen molar-refractivity contribution < 1.29 is 0 Å². The maximum Gasteiger partial charge on any atom is 0.0250 e. The molecule has 0 amide bonds. The van der Waals surface area contributed by atoms with E-state index in [2.05, 4.69) is 44.7 Å². The molecule has 0 spiro atoms. The van der Waals surface area contributed by atoms with Crippen LogP contribution < -0.4 is 5.73 Å². The van der Waals surface area contributed by atoms with E-state index < -0.39 is 0 Å². The highest BCUT2D eigenvalue weighted by Crippen LogP contribution is 2.41. The number of nitrogens with zero attached hydrogens (tertiary/aromatic N) is 2. The summed E-state index contributed by atoms with van der Waals surface area (Å²) in [7, 11) is 4.43. The molecule has 0 aromatic heterocycles. The Morgan fingerprint density at radius 2 is 1.71 bits per heavy atom. The van der Waals surface area contributed by atoms with Gasteiger partial charge >= 0.3 is 0 Å². The molecule has 0 aromatic rings. The minimum atomic E-state index is 0.393. The maximum absolute atomic E-state index is 6.50. The Balaban J connectivity index is 1.95. The van der Waals surface area contributed by atoms with Gasteiger partial charge in [0, 0.05) is 18.1 Å². The third kappa shape index (κ3) is 4.00. The second-order valence-electron chi connectivity index (χ2n) is 8.31. The van der Waals surface area contributed by atoms with Gasteiger partial charge in [-0.3, -0.25) is 4.90 Å². The third-order valence-corrected chi connectivity index (χ3v) is 6.58. The SMILES string of the molecule is CCC(C)(C)C1CCC(N)C(N2CCC(N(C)C)CC2)C1. The first-order valence-electron chi connectivity index (χ1n) is 9.01. The molecule has 1 aliphatic heterocycles. The third-order valence-electron chi connectivity index (χ3n) is 6.58. The van der Waals surface area contributed by atoms with Gasteiger partial charge in [-0.05, 0) is 70.6 Å². The van der Waals surface area contributed by atoms with Gasteiger partial charge in [-0.15, -0.1) is 0 Å². The van der Waals surface area contributed by atoms with Crippen molar-refractivity contribution in [2.24, 2.45) is 17.1 Å². The molecule has 124 valence electrons. The smallest absolute Gasteiger partial charge is 0.0250 e. The first-order valence-corrected chi connectivity index (χ1v) is 9.01. The average Bonchev–Trinajstić information content (AvgIpc) is 2.47. The van der Waals surface area contributed by atoms with Crippen LogP contribution in [-0.4, -0.2) is 55.1 Å². The lowest BCUT2D eigenvalue weighted by molar-refractivity contribution is 0.0354. The first-order chi connectivity index (χ1) is 9.85. The molecule has 3 nitrogen and oxygen atoms in total. The Morgan fingerprint density at radius 3 is 2.24 bits per heavy atom. The van der Waals surface area contributed by atoms with Gasteiger partial charge in [0.15, 0.2) is 0 Å². The Morgan fingerprint density at radius 1 is 1.10 bits per heavy atom. The van der Waals surface area contributed by atoms with Gasteiger partial charge in [0.05, 0.1) is 0 Å². The van der Waals surface area contributed by atoms with Gasteiger partial charge in [0.2, 0.25) is 0 Å².